The third-order valence-corrected chi connectivity index (χ3v) is 15.9. The minimum absolute atomic E-state index is 0.223. The van der Waals surface area contributed by atoms with Crippen molar-refractivity contribution in [2.24, 2.45) is 17.8 Å². The van der Waals surface area contributed by atoms with Crippen LogP contribution in [-0.4, -0.2) is 113 Å². The first-order chi connectivity index (χ1) is 26.5. The van der Waals surface area contributed by atoms with E-state index in [-0.39, 0.29) is 17.3 Å². The number of allylic oxidation sites excluding steroid dienone is 1. The molecule has 1 spiro atoms. The minimum Gasteiger partial charge on any atom is -0.490 e. The van der Waals surface area contributed by atoms with Crippen LogP contribution in [0.3, 0.4) is 0 Å². The predicted molar refractivity (Wildman–Crippen MR) is 217 cm³/mol. The number of ether oxygens (including phenoxy) is 3. The fourth-order valence-electron chi connectivity index (χ4n) is 10.3. The number of halogens is 1. The van der Waals surface area contributed by atoms with Crippen LogP contribution in [0.2, 0.25) is 5.02 Å². The Morgan fingerprint density at radius 3 is 2.76 bits per heavy atom. The van der Waals surface area contributed by atoms with Gasteiger partial charge < -0.3 is 19.1 Å². The Hall–Kier alpha value is -2.67. The molecule has 1 amide bonds. The van der Waals surface area contributed by atoms with Crippen LogP contribution < -0.4 is 14.4 Å². The van der Waals surface area contributed by atoms with Crippen molar-refractivity contribution in [2.75, 3.05) is 77.1 Å². The monoisotopic (exact) mass is 794 g/mol. The standard InChI is InChI=1S/C43H59ClN4O6S/c1-4-20-54-43(28-46-17-18-47-19-21-52-26-36(47)25-46)16-5-7-30(2)31(3)55(50,51)45-41(49)33-10-14-40-39(23-33)48(24-34-9-12-38(34)43)27-42(29-53-40)15-6-8-32-22-35(44)11-13-37(32)42/h5,10-11,13-14,16,22-23,30-31,34,36,38H,4,6-9,12,15,17-21,24-29H2,1-3H3,(H,45,49)/b16-5+/t30-,31+,34-,36-,38+,42-,43-/m0/s1. The number of sulfonamides is 1. The van der Waals surface area contributed by atoms with Crippen LogP contribution in [0.25, 0.3) is 0 Å². The number of carbonyl (C=O) groups is 1. The summed E-state index contributed by atoms with van der Waals surface area (Å²) in [6.45, 7) is 14.8. The zero-order valence-electron chi connectivity index (χ0n) is 32.8. The molecular weight excluding hydrogens is 736 g/mol. The molecule has 55 heavy (non-hydrogen) atoms. The van der Waals surface area contributed by atoms with E-state index in [0.29, 0.717) is 37.2 Å². The lowest BCUT2D eigenvalue weighted by Crippen LogP contribution is -2.63. The molecule has 2 bridgehead atoms. The maximum absolute atomic E-state index is 13.7. The molecule has 0 radical (unpaired) electrons. The summed E-state index contributed by atoms with van der Waals surface area (Å²) in [4.78, 5) is 21.3. The van der Waals surface area contributed by atoms with Crippen molar-refractivity contribution >= 4 is 33.2 Å². The zero-order chi connectivity index (χ0) is 38.4. The molecule has 4 aliphatic heterocycles. The van der Waals surface area contributed by atoms with Gasteiger partial charge in [0.05, 0.1) is 30.8 Å². The van der Waals surface area contributed by atoms with E-state index in [9.17, 15) is 13.2 Å². The molecule has 8 rings (SSSR count). The number of benzene rings is 2. The molecule has 7 atom stereocenters. The molecule has 0 unspecified atom stereocenters. The fraction of sp³-hybridized carbons (Fsp3) is 0.651. The van der Waals surface area contributed by atoms with E-state index in [4.69, 9.17) is 25.8 Å². The van der Waals surface area contributed by atoms with Gasteiger partial charge in [-0.15, -0.1) is 0 Å². The second kappa shape index (κ2) is 15.9. The number of nitrogens with zero attached hydrogens (tertiary/aromatic N) is 3. The van der Waals surface area contributed by atoms with Crippen LogP contribution in [0.5, 0.6) is 5.75 Å². The SMILES string of the molecule is CCCO[C@]1(CN2CCN3CCOC[C@@H]3C2)/C=C/C[C@H](C)[C@@H](C)S(=O)(=O)NC(=O)c2ccc3c(c2)N(C[C@@H]2CC[C@H]21)C[C@@]1(CCCc2cc(Cl)ccc21)CO3. The van der Waals surface area contributed by atoms with Crippen molar-refractivity contribution < 1.29 is 27.4 Å². The van der Waals surface area contributed by atoms with Gasteiger partial charge in [-0.25, -0.2) is 13.1 Å². The van der Waals surface area contributed by atoms with Gasteiger partial charge in [-0.1, -0.05) is 43.7 Å². The maximum atomic E-state index is 13.7. The van der Waals surface area contributed by atoms with Gasteiger partial charge >= 0.3 is 0 Å². The molecule has 10 nitrogen and oxygen atoms in total. The number of amides is 1. The first-order valence-corrected chi connectivity index (χ1v) is 22.6. The number of morpholine rings is 1. The van der Waals surface area contributed by atoms with E-state index in [1.807, 2.05) is 25.1 Å². The molecule has 2 aromatic rings. The second-order valence-electron chi connectivity index (χ2n) is 17.3. The van der Waals surface area contributed by atoms with Crippen molar-refractivity contribution in [1.29, 1.82) is 0 Å². The summed E-state index contributed by atoms with van der Waals surface area (Å²) in [6.07, 6.45) is 11.1. The molecule has 300 valence electrons. The summed E-state index contributed by atoms with van der Waals surface area (Å²) in [5.74, 6) is 0.473. The summed E-state index contributed by atoms with van der Waals surface area (Å²) in [5, 5.41) is -0.0321. The number of aryl methyl sites for hydroxylation is 1. The van der Waals surface area contributed by atoms with Gasteiger partial charge in [0.2, 0.25) is 10.0 Å². The normalized spacial score (nSPS) is 34.6. The quantitative estimate of drug-likeness (QED) is 0.362. The van der Waals surface area contributed by atoms with Crippen LogP contribution in [-0.2, 0) is 31.3 Å². The summed E-state index contributed by atoms with van der Waals surface area (Å²) >= 11 is 6.53. The van der Waals surface area contributed by atoms with Crippen LogP contribution in [0, 0.1) is 17.8 Å². The predicted octanol–water partition coefficient (Wildman–Crippen LogP) is 6.07. The topological polar surface area (TPSA) is 101 Å². The number of nitrogens with one attached hydrogen (secondary N) is 1. The van der Waals surface area contributed by atoms with E-state index in [1.54, 1.807) is 13.0 Å². The van der Waals surface area contributed by atoms with Crippen molar-refractivity contribution in [3.05, 3.63) is 70.3 Å². The molecule has 1 saturated carbocycles. The number of fused-ring (bicyclic) bond motifs is 5. The zero-order valence-corrected chi connectivity index (χ0v) is 34.4. The third-order valence-electron chi connectivity index (χ3n) is 13.8. The summed E-state index contributed by atoms with van der Waals surface area (Å²) in [5.41, 5.74) is 2.90. The van der Waals surface area contributed by atoms with E-state index in [1.165, 1.54) is 11.1 Å². The molecule has 2 aliphatic carbocycles. The first-order valence-electron chi connectivity index (χ1n) is 20.7. The smallest absolute Gasteiger partial charge is 0.264 e. The Kier molecular flexibility index (Phi) is 11.3. The Morgan fingerprint density at radius 1 is 1.07 bits per heavy atom. The molecule has 6 aliphatic rings. The van der Waals surface area contributed by atoms with Gasteiger partial charge in [-0.3, -0.25) is 14.6 Å². The summed E-state index contributed by atoms with van der Waals surface area (Å²) in [6, 6.07) is 12.1. The van der Waals surface area contributed by atoms with Crippen LogP contribution in [0.4, 0.5) is 5.69 Å². The van der Waals surface area contributed by atoms with Crippen LogP contribution >= 0.6 is 11.6 Å². The number of piperazine rings is 1. The number of rotatable bonds is 5. The van der Waals surface area contributed by atoms with Gasteiger partial charge in [-0.05, 0) is 111 Å². The van der Waals surface area contributed by atoms with E-state index in [0.717, 1.165) is 114 Å². The second-order valence-corrected chi connectivity index (χ2v) is 19.8. The Balaban J connectivity index is 1.20. The van der Waals surface area contributed by atoms with Gasteiger partial charge in [0.1, 0.15) is 11.4 Å². The molecule has 2 saturated heterocycles. The minimum atomic E-state index is -3.97. The van der Waals surface area contributed by atoms with Crippen molar-refractivity contribution in [3.63, 3.8) is 0 Å². The Labute approximate surface area is 332 Å². The number of hydrogen-bond donors (Lipinski definition) is 1. The highest BCUT2D eigenvalue weighted by atomic mass is 35.5. The first kappa shape index (κ1) is 39.2. The summed E-state index contributed by atoms with van der Waals surface area (Å²) in [7, 11) is -3.97. The van der Waals surface area contributed by atoms with E-state index in [2.05, 4.69) is 50.6 Å². The van der Waals surface area contributed by atoms with Gasteiger partial charge in [0.25, 0.3) is 5.91 Å². The Morgan fingerprint density at radius 2 is 1.95 bits per heavy atom. The molecule has 2 aromatic carbocycles. The molecular formula is C43H59ClN4O6S. The fourth-order valence-corrected chi connectivity index (χ4v) is 11.8. The lowest BCUT2D eigenvalue weighted by molar-refractivity contribution is -0.124. The van der Waals surface area contributed by atoms with Gasteiger partial charge in [0.15, 0.2) is 0 Å². The van der Waals surface area contributed by atoms with Crippen LogP contribution in [0.1, 0.15) is 80.8 Å². The number of carbonyl (C=O) groups excluding carboxylic acids is 1. The third kappa shape index (κ3) is 7.83. The van der Waals surface area contributed by atoms with Crippen molar-refractivity contribution in [3.8, 4) is 5.75 Å². The Bertz CT molecular complexity index is 1880. The lowest BCUT2D eigenvalue weighted by Gasteiger charge is -2.53. The summed E-state index contributed by atoms with van der Waals surface area (Å²) < 4.78 is 49.7. The molecule has 4 heterocycles. The average molecular weight is 795 g/mol. The van der Waals surface area contributed by atoms with Crippen LogP contribution in [0.15, 0.2) is 48.6 Å². The lowest BCUT2D eigenvalue weighted by atomic mass is 9.63. The molecule has 3 fully saturated rings. The highest BCUT2D eigenvalue weighted by Gasteiger charge is 2.50. The average Bonchev–Trinajstić information content (AvgIpc) is 3.31. The van der Waals surface area contributed by atoms with E-state index < -0.39 is 26.8 Å². The highest BCUT2D eigenvalue weighted by molar-refractivity contribution is 7.90. The highest BCUT2D eigenvalue weighted by Crippen LogP contribution is 2.49. The number of hydrogen-bond acceptors (Lipinski definition) is 9. The van der Waals surface area contributed by atoms with Crippen molar-refractivity contribution in [1.82, 2.24) is 14.5 Å². The molecule has 0 aromatic heterocycles. The number of anilines is 1. The largest absolute Gasteiger partial charge is 0.490 e. The molecule has 1 N–H and O–H groups in total. The van der Waals surface area contributed by atoms with Crippen molar-refractivity contribution in [2.45, 2.75) is 88.0 Å². The van der Waals surface area contributed by atoms with Gasteiger partial charge in [-0.2, -0.15) is 0 Å². The maximum Gasteiger partial charge on any atom is 0.264 e. The molecule has 12 heteroatoms. The van der Waals surface area contributed by atoms with Gasteiger partial charge in [0, 0.05) is 74.5 Å². The van der Waals surface area contributed by atoms with E-state index >= 15 is 0 Å².